The molecule has 11 heteroatoms. The van der Waals surface area contributed by atoms with Gasteiger partial charge in [0.25, 0.3) is 16.5 Å². The molecule has 20 heavy (non-hydrogen) atoms. The minimum atomic E-state index is -2.68. The van der Waals surface area contributed by atoms with E-state index in [1.165, 1.54) is 0 Å². The van der Waals surface area contributed by atoms with Gasteiger partial charge in [0.2, 0.25) is 0 Å². The second-order valence-corrected chi connectivity index (χ2v) is 4.96. The highest BCUT2D eigenvalue weighted by atomic mass is 32.2. The summed E-state index contributed by atoms with van der Waals surface area (Å²) in [7, 11) is 0. The second-order valence-electron chi connectivity index (χ2n) is 3.76. The molecule has 1 aromatic rings. The highest BCUT2D eigenvalue weighted by Crippen LogP contribution is 2.53. The molecule has 2 rings (SSSR count). The summed E-state index contributed by atoms with van der Waals surface area (Å²) in [5.41, 5.74) is 3.68. The van der Waals surface area contributed by atoms with Gasteiger partial charge in [0.1, 0.15) is 10.7 Å². The van der Waals surface area contributed by atoms with Gasteiger partial charge in [-0.3, -0.25) is 20.1 Å². The lowest BCUT2D eigenvalue weighted by molar-refractivity contribution is -0.387. The lowest BCUT2D eigenvalue weighted by atomic mass is 10.2. The highest BCUT2D eigenvalue weighted by Gasteiger charge is 2.59. The Morgan fingerprint density at radius 2 is 2.10 bits per heavy atom. The Balaban J connectivity index is 2.72. The highest BCUT2D eigenvalue weighted by molar-refractivity contribution is 8.03. The van der Waals surface area contributed by atoms with E-state index in [2.05, 4.69) is 0 Å². The van der Waals surface area contributed by atoms with Crippen LogP contribution in [0.1, 0.15) is 0 Å². The summed E-state index contributed by atoms with van der Waals surface area (Å²) < 4.78 is 13.3. The van der Waals surface area contributed by atoms with Gasteiger partial charge >= 0.3 is 5.97 Å². The van der Waals surface area contributed by atoms with Crippen molar-refractivity contribution in [2.75, 3.05) is 5.06 Å². The molecular formula is C9H6FN3O6S. The molecule has 0 bridgehead atoms. The van der Waals surface area contributed by atoms with E-state index in [9.17, 15) is 29.3 Å². The van der Waals surface area contributed by atoms with E-state index in [1.54, 1.807) is 0 Å². The van der Waals surface area contributed by atoms with Crippen molar-refractivity contribution in [2.24, 2.45) is 5.73 Å². The lowest BCUT2D eigenvalue weighted by Crippen LogP contribution is -2.57. The average molecular weight is 303 g/mol. The fourth-order valence-electron chi connectivity index (χ4n) is 1.72. The number of nitrogens with zero attached hydrogens (tertiary/aromatic N) is 2. The first-order valence-corrected chi connectivity index (χ1v) is 5.72. The molecule has 1 aliphatic rings. The van der Waals surface area contributed by atoms with Gasteiger partial charge in [-0.15, -0.1) is 0 Å². The fourth-order valence-corrected chi connectivity index (χ4v) is 2.87. The van der Waals surface area contributed by atoms with Crippen molar-refractivity contribution in [2.45, 2.75) is 9.77 Å². The number of rotatable bonds is 3. The summed E-state index contributed by atoms with van der Waals surface area (Å²) >= 11 is 0.165. The number of thioether (sulfide) groups is 1. The van der Waals surface area contributed by atoms with Crippen LogP contribution in [-0.4, -0.2) is 32.0 Å². The summed E-state index contributed by atoms with van der Waals surface area (Å²) in [4.78, 5) is 29.4. The Morgan fingerprint density at radius 3 is 2.55 bits per heavy atom. The number of primary amides is 1. The number of amides is 1. The Bertz CT molecular complexity index is 637. The number of hydroxylamine groups is 1. The van der Waals surface area contributed by atoms with Crippen molar-refractivity contribution in [3.63, 3.8) is 0 Å². The van der Waals surface area contributed by atoms with Crippen LogP contribution in [0.5, 0.6) is 0 Å². The summed E-state index contributed by atoms with van der Waals surface area (Å²) in [6, 6.07) is 1.22. The average Bonchev–Trinajstić information content (AvgIpc) is 2.63. The predicted octanol–water partition coefficient (Wildman–Crippen LogP) is 0.301. The molecule has 1 amide bonds. The molecule has 0 fully saturated rings. The minimum absolute atomic E-state index is 0.0756. The van der Waals surface area contributed by atoms with E-state index >= 15 is 0 Å². The van der Waals surface area contributed by atoms with Crippen molar-refractivity contribution in [3.8, 4) is 0 Å². The van der Waals surface area contributed by atoms with Gasteiger partial charge in [0.15, 0.2) is 0 Å². The molecule has 1 atom stereocenters. The number of aliphatic carboxylic acids is 1. The van der Waals surface area contributed by atoms with E-state index in [4.69, 9.17) is 10.8 Å². The number of carboxylic acid groups (broad SMARTS) is 1. The van der Waals surface area contributed by atoms with Crippen LogP contribution in [0, 0.1) is 15.9 Å². The first-order chi connectivity index (χ1) is 9.21. The number of hydrogen-bond acceptors (Lipinski definition) is 7. The number of nitro groups is 1. The summed E-state index contributed by atoms with van der Waals surface area (Å²) in [5, 5.41) is 29.6. The molecule has 0 spiro atoms. The maximum atomic E-state index is 13.3. The van der Waals surface area contributed by atoms with Crippen molar-refractivity contribution in [1.29, 1.82) is 0 Å². The van der Waals surface area contributed by atoms with E-state index in [0.29, 0.717) is 12.1 Å². The molecule has 106 valence electrons. The molecule has 0 saturated heterocycles. The standard InChI is InChI=1S/C9H6FN3O6S/c10-3-1-4-6(5(2-3)13(18)19)20-9(7(11)14,8(15)16)12(4)17/h1-2,17H,(H2,11,14)(H,15,16). The van der Waals surface area contributed by atoms with Gasteiger partial charge in [0.05, 0.1) is 16.7 Å². The fraction of sp³-hybridized carbons (Fsp3) is 0.111. The molecule has 0 saturated carbocycles. The number of carbonyl (C=O) groups is 2. The van der Waals surface area contributed by atoms with Gasteiger partial charge in [-0.25, -0.2) is 14.2 Å². The Labute approximate surface area is 113 Å². The Hall–Kier alpha value is -2.40. The number of halogens is 1. The van der Waals surface area contributed by atoms with E-state index in [0.717, 1.165) is 0 Å². The Kier molecular flexibility index (Phi) is 3.02. The van der Waals surface area contributed by atoms with E-state index in [-0.39, 0.29) is 21.7 Å². The number of carboxylic acids is 1. The third-order valence-corrected chi connectivity index (χ3v) is 4.08. The zero-order valence-electron chi connectivity index (χ0n) is 9.44. The van der Waals surface area contributed by atoms with Gasteiger partial charge in [-0.2, -0.15) is 0 Å². The van der Waals surface area contributed by atoms with Crippen LogP contribution in [0.15, 0.2) is 17.0 Å². The minimum Gasteiger partial charge on any atom is -0.478 e. The van der Waals surface area contributed by atoms with Gasteiger partial charge in [-0.05, 0) is 0 Å². The first kappa shape index (κ1) is 14.0. The van der Waals surface area contributed by atoms with Gasteiger partial charge in [-0.1, -0.05) is 11.8 Å². The summed E-state index contributed by atoms with van der Waals surface area (Å²) in [5.74, 6) is -4.35. The topological polar surface area (TPSA) is 147 Å². The second kappa shape index (κ2) is 4.31. The number of fused-ring (bicyclic) bond motifs is 1. The smallest absolute Gasteiger partial charge is 0.353 e. The largest absolute Gasteiger partial charge is 0.478 e. The third kappa shape index (κ3) is 1.67. The number of hydrogen-bond donors (Lipinski definition) is 3. The van der Waals surface area contributed by atoms with Crippen LogP contribution in [0.4, 0.5) is 15.8 Å². The zero-order valence-corrected chi connectivity index (χ0v) is 10.3. The van der Waals surface area contributed by atoms with Crippen LogP contribution in [0.25, 0.3) is 0 Å². The van der Waals surface area contributed by atoms with Crippen LogP contribution < -0.4 is 10.8 Å². The number of nitrogens with two attached hydrogens (primary N) is 1. The molecular weight excluding hydrogens is 297 g/mol. The van der Waals surface area contributed by atoms with Gasteiger partial charge < -0.3 is 10.8 Å². The van der Waals surface area contributed by atoms with E-state index in [1.807, 2.05) is 0 Å². The van der Waals surface area contributed by atoms with Crippen molar-refractivity contribution >= 4 is 35.0 Å². The maximum Gasteiger partial charge on any atom is 0.353 e. The molecule has 1 heterocycles. The predicted molar refractivity (Wildman–Crippen MR) is 62.7 cm³/mol. The molecule has 1 aliphatic heterocycles. The van der Waals surface area contributed by atoms with Crippen LogP contribution >= 0.6 is 11.8 Å². The quantitative estimate of drug-likeness (QED) is 0.410. The molecule has 9 nitrogen and oxygen atoms in total. The monoisotopic (exact) mass is 303 g/mol. The lowest BCUT2D eigenvalue weighted by Gasteiger charge is -2.26. The first-order valence-electron chi connectivity index (χ1n) is 4.91. The number of carbonyl (C=O) groups excluding carboxylic acids is 1. The van der Waals surface area contributed by atoms with Gasteiger partial charge in [0, 0.05) is 6.07 Å². The van der Waals surface area contributed by atoms with Crippen molar-refractivity contribution in [1.82, 2.24) is 0 Å². The van der Waals surface area contributed by atoms with Crippen molar-refractivity contribution < 1.29 is 29.2 Å². The van der Waals surface area contributed by atoms with Crippen LogP contribution in [0.2, 0.25) is 0 Å². The van der Waals surface area contributed by atoms with Crippen molar-refractivity contribution in [3.05, 3.63) is 28.1 Å². The number of benzene rings is 1. The maximum absolute atomic E-state index is 13.3. The molecule has 1 unspecified atom stereocenters. The SMILES string of the molecule is NC(=O)C1(C(=O)O)Sc2c(cc(F)cc2[N+](=O)[O-])N1O. The normalized spacial score (nSPS) is 20.6. The molecule has 0 aromatic heterocycles. The molecule has 1 aromatic carbocycles. The number of anilines is 1. The van der Waals surface area contributed by atoms with Crippen LogP contribution in [0.3, 0.4) is 0 Å². The van der Waals surface area contributed by atoms with E-state index < -0.39 is 38.9 Å². The Morgan fingerprint density at radius 1 is 1.50 bits per heavy atom. The summed E-state index contributed by atoms with van der Waals surface area (Å²) in [6.07, 6.45) is 0. The molecule has 0 aliphatic carbocycles. The molecule has 4 N–H and O–H groups in total. The number of nitro benzene ring substituents is 1. The summed E-state index contributed by atoms with van der Waals surface area (Å²) in [6.45, 7) is 0. The third-order valence-electron chi connectivity index (χ3n) is 2.61. The van der Waals surface area contributed by atoms with Crippen LogP contribution in [-0.2, 0) is 9.59 Å². The molecule has 0 radical (unpaired) electrons. The zero-order chi connectivity index (χ0) is 15.2.